The molecule has 0 aromatic heterocycles. The van der Waals surface area contributed by atoms with Gasteiger partial charge in [0.25, 0.3) is 0 Å². The molecule has 98 valence electrons. The van der Waals surface area contributed by atoms with Crippen molar-refractivity contribution < 1.29 is 13.6 Å². The van der Waals surface area contributed by atoms with Gasteiger partial charge in [0.15, 0.2) is 0 Å². The number of hydrogen-bond acceptors (Lipinski definition) is 1. The van der Waals surface area contributed by atoms with Crippen LogP contribution in [0.5, 0.6) is 0 Å². The van der Waals surface area contributed by atoms with Crippen LogP contribution in [0.1, 0.15) is 11.1 Å². The fourth-order valence-corrected chi connectivity index (χ4v) is 2.19. The Labute approximate surface area is 118 Å². The minimum Gasteiger partial charge on any atom is -0.299 e. The van der Waals surface area contributed by atoms with E-state index in [9.17, 15) is 13.6 Å². The number of rotatable bonds is 4. The lowest BCUT2D eigenvalue weighted by atomic mass is 10.0. The molecule has 0 unspecified atom stereocenters. The topological polar surface area (TPSA) is 17.1 Å². The molecule has 0 heterocycles. The lowest BCUT2D eigenvalue weighted by Crippen LogP contribution is -2.08. The zero-order valence-corrected chi connectivity index (χ0v) is 11.6. The molecule has 0 N–H and O–H groups in total. The molecule has 2 aromatic rings. The number of ketones is 1. The van der Waals surface area contributed by atoms with E-state index >= 15 is 0 Å². The standard InChI is InChI=1S/C15H11BrF2O/c16-12-3-6-15(18)11(8-12)9-14(19)7-10-1-4-13(17)5-2-10/h1-6,8H,7,9H2. The van der Waals surface area contributed by atoms with Crippen molar-refractivity contribution in [3.05, 3.63) is 69.7 Å². The molecule has 0 atom stereocenters. The van der Waals surface area contributed by atoms with E-state index in [-0.39, 0.29) is 24.4 Å². The van der Waals surface area contributed by atoms with Gasteiger partial charge >= 0.3 is 0 Å². The molecular formula is C15H11BrF2O. The average Bonchev–Trinajstić information content (AvgIpc) is 2.37. The Morgan fingerprint density at radius 1 is 1.00 bits per heavy atom. The second kappa shape index (κ2) is 6.06. The van der Waals surface area contributed by atoms with Gasteiger partial charge < -0.3 is 0 Å². The molecule has 19 heavy (non-hydrogen) atoms. The maximum atomic E-state index is 13.5. The number of benzene rings is 2. The van der Waals surface area contributed by atoms with Gasteiger partial charge in [-0.05, 0) is 41.5 Å². The van der Waals surface area contributed by atoms with Crippen LogP contribution in [0.15, 0.2) is 46.9 Å². The second-order valence-corrected chi connectivity index (χ2v) is 5.17. The smallest absolute Gasteiger partial charge is 0.141 e. The summed E-state index contributed by atoms with van der Waals surface area (Å²) >= 11 is 3.24. The number of hydrogen-bond donors (Lipinski definition) is 0. The zero-order valence-electron chi connectivity index (χ0n) is 10.00. The predicted molar refractivity (Wildman–Crippen MR) is 72.9 cm³/mol. The highest BCUT2D eigenvalue weighted by Gasteiger charge is 2.09. The Morgan fingerprint density at radius 3 is 2.37 bits per heavy atom. The molecule has 0 bridgehead atoms. The Morgan fingerprint density at radius 2 is 1.68 bits per heavy atom. The third-order valence-electron chi connectivity index (χ3n) is 2.71. The molecule has 0 spiro atoms. The summed E-state index contributed by atoms with van der Waals surface area (Å²) in [5.41, 5.74) is 1.09. The van der Waals surface area contributed by atoms with Crippen LogP contribution in [0.4, 0.5) is 8.78 Å². The minimum absolute atomic E-state index is 0.0304. The van der Waals surface area contributed by atoms with Crippen molar-refractivity contribution in [2.45, 2.75) is 12.8 Å². The molecule has 0 aliphatic carbocycles. The molecule has 0 aliphatic rings. The van der Waals surface area contributed by atoms with Crippen molar-refractivity contribution in [1.29, 1.82) is 0 Å². The quantitative estimate of drug-likeness (QED) is 0.828. The van der Waals surface area contributed by atoms with Crippen molar-refractivity contribution in [3.63, 3.8) is 0 Å². The molecular weight excluding hydrogens is 314 g/mol. The Kier molecular flexibility index (Phi) is 4.43. The van der Waals surface area contributed by atoms with Crippen LogP contribution in [-0.2, 0) is 17.6 Å². The minimum atomic E-state index is -0.393. The first kappa shape index (κ1) is 13.9. The number of carbonyl (C=O) groups excluding carboxylic acids is 1. The molecule has 4 heteroatoms. The van der Waals surface area contributed by atoms with Crippen LogP contribution in [0.2, 0.25) is 0 Å². The lowest BCUT2D eigenvalue weighted by Gasteiger charge is -2.04. The van der Waals surface area contributed by atoms with Crippen LogP contribution in [0.3, 0.4) is 0 Å². The summed E-state index contributed by atoms with van der Waals surface area (Å²) in [6.07, 6.45) is 0.203. The van der Waals surface area contributed by atoms with Gasteiger partial charge in [-0.15, -0.1) is 0 Å². The van der Waals surface area contributed by atoms with E-state index in [1.165, 1.54) is 18.2 Å². The van der Waals surface area contributed by atoms with Gasteiger partial charge in [0.05, 0.1) is 0 Å². The SMILES string of the molecule is O=C(Cc1ccc(F)cc1)Cc1cc(Br)ccc1F. The molecule has 0 saturated heterocycles. The average molecular weight is 325 g/mol. The summed E-state index contributed by atoms with van der Waals surface area (Å²) in [6, 6.07) is 10.2. The van der Waals surface area contributed by atoms with Crippen molar-refractivity contribution in [2.75, 3.05) is 0 Å². The first-order valence-corrected chi connectivity index (χ1v) is 6.54. The molecule has 2 rings (SSSR count). The van der Waals surface area contributed by atoms with Gasteiger partial charge in [-0.1, -0.05) is 28.1 Å². The van der Waals surface area contributed by atoms with Gasteiger partial charge in [0.1, 0.15) is 17.4 Å². The number of Topliss-reactive ketones (excluding diaryl/α,β-unsaturated/α-hetero) is 1. The fourth-order valence-electron chi connectivity index (χ4n) is 1.78. The monoisotopic (exact) mass is 324 g/mol. The summed E-state index contributed by atoms with van der Waals surface area (Å²) in [5, 5.41) is 0. The molecule has 0 amide bonds. The summed E-state index contributed by atoms with van der Waals surface area (Å²) in [4.78, 5) is 11.9. The maximum Gasteiger partial charge on any atom is 0.141 e. The van der Waals surface area contributed by atoms with Crippen LogP contribution >= 0.6 is 15.9 Å². The highest BCUT2D eigenvalue weighted by molar-refractivity contribution is 9.10. The van der Waals surface area contributed by atoms with Gasteiger partial charge in [-0.3, -0.25) is 4.79 Å². The molecule has 0 radical (unpaired) electrons. The van der Waals surface area contributed by atoms with Gasteiger partial charge in [0.2, 0.25) is 0 Å². The van der Waals surface area contributed by atoms with Gasteiger partial charge in [-0.25, -0.2) is 8.78 Å². The Balaban J connectivity index is 2.05. The van der Waals surface area contributed by atoms with Crippen LogP contribution < -0.4 is 0 Å². The molecule has 1 nitrogen and oxygen atoms in total. The molecule has 0 fully saturated rings. The maximum absolute atomic E-state index is 13.5. The summed E-state index contributed by atoms with van der Waals surface area (Å²) < 4.78 is 27.0. The van der Waals surface area contributed by atoms with E-state index in [1.54, 1.807) is 24.3 Å². The molecule has 2 aromatic carbocycles. The van der Waals surface area contributed by atoms with E-state index in [0.717, 1.165) is 10.0 Å². The zero-order chi connectivity index (χ0) is 13.8. The Bertz CT molecular complexity index is 594. The first-order valence-electron chi connectivity index (χ1n) is 5.74. The van der Waals surface area contributed by atoms with Crippen LogP contribution in [0, 0.1) is 11.6 Å². The van der Waals surface area contributed by atoms with E-state index in [1.807, 2.05) is 0 Å². The highest BCUT2D eigenvalue weighted by Crippen LogP contribution is 2.17. The van der Waals surface area contributed by atoms with Crippen LogP contribution in [0.25, 0.3) is 0 Å². The van der Waals surface area contributed by atoms with Gasteiger partial charge in [-0.2, -0.15) is 0 Å². The van der Waals surface area contributed by atoms with Crippen molar-refractivity contribution in [3.8, 4) is 0 Å². The lowest BCUT2D eigenvalue weighted by molar-refractivity contribution is -0.117. The van der Waals surface area contributed by atoms with E-state index in [4.69, 9.17) is 0 Å². The Hall–Kier alpha value is -1.55. The van der Waals surface area contributed by atoms with Crippen molar-refractivity contribution in [1.82, 2.24) is 0 Å². The van der Waals surface area contributed by atoms with Crippen molar-refractivity contribution >= 4 is 21.7 Å². The first-order chi connectivity index (χ1) is 9.04. The van der Waals surface area contributed by atoms with E-state index in [0.29, 0.717) is 5.56 Å². The van der Waals surface area contributed by atoms with Crippen molar-refractivity contribution in [2.24, 2.45) is 0 Å². The van der Waals surface area contributed by atoms with Crippen LogP contribution in [-0.4, -0.2) is 5.78 Å². The summed E-state index contributed by atoms with van der Waals surface area (Å²) in [6.45, 7) is 0. The third-order valence-corrected chi connectivity index (χ3v) is 3.20. The predicted octanol–water partition coefficient (Wildman–Crippen LogP) is 4.08. The van der Waals surface area contributed by atoms with E-state index in [2.05, 4.69) is 15.9 Å². The summed E-state index contributed by atoms with van der Waals surface area (Å²) in [5.74, 6) is -0.839. The largest absolute Gasteiger partial charge is 0.299 e. The second-order valence-electron chi connectivity index (χ2n) is 4.25. The van der Waals surface area contributed by atoms with Gasteiger partial charge in [0, 0.05) is 17.3 Å². The fraction of sp³-hybridized carbons (Fsp3) is 0.133. The highest BCUT2D eigenvalue weighted by atomic mass is 79.9. The third kappa shape index (κ3) is 3.96. The molecule has 0 saturated carbocycles. The normalized spacial score (nSPS) is 10.5. The van der Waals surface area contributed by atoms with E-state index < -0.39 is 5.82 Å². The number of halogens is 3. The molecule has 0 aliphatic heterocycles. The summed E-state index contributed by atoms with van der Waals surface area (Å²) in [7, 11) is 0. The number of carbonyl (C=O) groups is 1.